The number of hydrogen-bond acceptors (Lipinski definition) is 4. The van der Waals surface area contributed by atoms with E-state index in [1.54, 1.807) is 7.11 Å². The molecule has 25 heavy (non-hydrogen) atoms. The van der Waals surface area contributed by atoms with Gasteiger partial charge in [0.2, 0.25) is 0 Å². The highest BCUT2D eigenvalue weighted by Gasteiger charge is 2.13. The molecule has 0 bridgehead atoms. The first-order valence-corrected chi connectivity index (χ1v) is 8.10. The van der Waals surface area contributed by atoms with E-state index in [1.165, 1.54) is 0 Å². The van der Waals surface area contributed by atoms with Gasteiger partial charge in [0.1, 0.15) is 11.4 Å². The van der Waals surface area contributed by atoms with Gasteiger partial charge in [-0.3, -0.25) is 0 Å². The second kappa shape index (κ2) is 6.32. The Morgan fingerprint density at radius 2 is 1.64 bits per heavy atom. The Morgan fingerprint density at radius 1 is 0.800 bits per heavy atom. The van der Waals surface area contributed by atoms with E-state index in [0.717, 1.165) is 39.3 Å². The van der Waals surface area contributed by atoms with Crippen molar-refractivity contribution in [2.24, 2.45) is 0 Å². The van der Waals surface area contributed by atoms with Gasteiger partial charge in [0.15, 0.2) is 5.82 Å². The van der Waals surface area contributed by atoms with Crippen molar-refractivity contribution in [3.05, 3.63) is 72.4 Å². The molecule has 4 aromatic rings. The number of benzene rings is 2. The van der Waals surface area contributed by atoms with Gasteiger partial charge >= 0.3 is 0 Å². The molecule has 0 saturated carbocycles. The topological polar surface area (TPSA) is 47.9 Å². The summed E-state index contributed by atoms with van der Waals surface area (Å²) >= 11 is 0. The number of methoxy groups -OCH3 is 1. The number of pyridine rings is 1. The lowest BCUT2D eigenvalue weighted by molar-refractivity contribution is 0.415. The third kappa shape index (κ3) is 2.94. The summed E-state index contributed by atoms with van der Waals surface area (Å²) in [6.07, 6.45) is 0. The zero-order valence-electron chi connectivity index (χ0n) is 14.1. The van der Waals surface area contributed by atoms with Crippen LogP contribution in [0.4, 0.5) is 0 Å². The van der Waals surface area contributed by atoms with Crippen molar-refractivity contribution in [2.75, 3.05) is 7.11 Å². The molecule has 2 aromatic carbocycles. The summed E-state index contributed by atoms with van der Waals surface area (Å²) in [5.41, 5.74) is 4.50. The van der Waals surface area contributed by atoms with Crippen LogP contribution < -0.4 is 4.74 Å². The summed E-state index contributed by atoms with van der Waals surface area (Å²) in [6.45, 7) is 1.97. The number of rotatable bonds is 3. The fraction of sp³-hybridized carbons (Fsp3) is 0.0952. The van der Waals surface area contributed by atoms with Crippen molar-refractivity contribution in [3.63, 3.8) is 0 Å². The lowest BCUT2D eigenvalue weighted by atomic mass is 10.1. The second-order valence-electron chi connectivity index (χ2n) is 5.81. The summed E-state index contributed by atoms with van der Waals surface area (Å²) < 4.78 is 5.38. The van der Waals surface area contributed by atoms with Crippen LogP contribution in [-0.4, -0.2) is 22.1 Å². The van der Waals surface area contributed by atoms with E-state index in [-0.39, 0.29) is 0 Å². The van der Waals surface area contributed by atoms with Gasteiger partial charge in [-0.2, -0.15) is 0 Å². The molecule has 0 aliphatic carbocycles. The largest absolute Gasteiger partial charge is 0.497 e. The minimum absolute atomic E-state index is 0.625. The molecule has 4 heteroatoms. The van der Waals surface area contributed by atoms with Gasteiger partial charge in [-0.15, -0.1) is 0 Å². The normalized spacial score (nSPS) is 10.8. The summed E-state index contributed by atoms with van der Waals surface area (Å²) in [5.74, 6) is 1.41. The second-order valence-corrected chi connectivity index (χ2v) is 5.81. The Morgan fingerprint density at radius 3 is 2.40 bits per heavy atom. The van der Waals surface area contributed by atoms with Crippen LogP contribution in [0.15, 0.2) is 66.7 Å². The highest BCUT2D eigenvalue weighted by atomic mass is 16.5. The fourth-order valence-corrected chi connectivity index (χ4v) is 2.83. The lowest BCUT2D eigenvalue weighted by Gasteiger charge is -2.10. The molecule has 0 saturated heterocycles. The van der Waals surface area contributed by atoms with Gasteiger partial charge < -0.3 is 4.74 Å². The van der Waals surface area contributed by atoms with E-state index in [4.69, 9.17) is 14.7 Å². The molecule has 0 spiro atoms. The SMILES string of the molecule is COc1ccc2nc(-c3cccc(C)n3)nc(-c3ccccc3)c2c1. The number of ether oxygens (including phenoxy) is 1. The van der Waals surface area contributed by atoms with Crippen molar-refractivity contribution in [2.45, 2.75) is 6.92 Å². The third-order valence-corrected chi connectivity index (χ3v) is 4.07. The molecule has 0 amide bonds. The maximum Gasteiger partial charge on any atom is 0.179 e. The number of hydrogen-bond donors (Lipinski definition) is 0. The van der Waals surface area contributed by atoms with Gasteiger partial charge in [-0.25, -0.2) is 15.0 Å². The molecule has 122 valence electrons. The van der Waals surface area contributed by atoms with Crippen LogP contribution in [0.25, 0.3) is 33.7 Å². The molecule has 0 unspecified atom stereocenters. The van der Waals surface area contributed by atoms with Crippen molar-refractivity contribution >= 4 is 10.9 Å². The van der Waals surface area contributed by atoms with E-state index < -0.39 is 0 Å². The van der Waals surface area contributed by atoms with Gasteiger partial charge in [0, 0.05) is 16.6 Å². The maximum atomic E-state index is 5.38. The standard InChI is InChI=1S/C21H17N3O/c1-14-7-6-10-19(22-14)21-23-18-12-11-16(25-2)13-17(18)20(24-21)15-8-4-3-5-9-15/h3-13H,1-2H3. The van der Waals surface area contributed by atoms with Crippen molar-refractivity contribution in [1.29, 1.82) is 0 Å². The Balaban J connectivity index is 2.01. The van der Waals surface area contributed by atoms with Crippen molar-refractivity contribution < 1.29 is 4.74 Å². The number of fused-ring (bicyclic) bond motifs is 1. The highest BCUT2D eigenvalue weighted by Crippen LogP contribution is 2.30. The smallest absolute Gasteiger partial charge is 0.179 e. The minimum Gasteiger partial charge on any atom is -0.497 e. The molecule has 2 heterocycles. The average molecular weight is 327 g/mol. The Bertz CT molecular complexity index is 1050. The molecule has 0 atom stereocenters. The Hall–Kier alpha value is -3.27. The lowest BCUT2D eigenvalue weighted by Crippen LogP contribution is -1.97. The van der Waals surface area contributed by atoms with Crippen LogP contribution >= 0.6 is 0 Å². The first kappa shape index (κ1) is 15.3. The van der Waals surface area contributed by atoms with Gasteiger partial charge in [0.05, 0.1) is 18.3 Å². The molecular formula is C21H17N3O. The Labute approximate surface area is 146 Å². The van der Waals surface area contributed by atoms with Crippen LogP contribution in [0.5, 0.6) is 5.75 Å². The Kier molecular flexibility index (Phi) is 3.86. The minimum atomic E-state index is 0.625. The van der Waals surface area contributed by atoms with Crippen LogP contribution in [0.2, 0.25) is 0 Å². The first-order valence-electron chi connectivity index (χ1n) is 8.10. The summed E-state index contributed by atoms with van der Waals surface area (Å²) in [6, 6.07) is 21.8. The van der Waals surface area contributed by atoms with Gasteiger partial charge in [-0.05, 0) is 37.3 Å². The maximum absolute atomic E-state index is 5.38. The molecule has 0 N–H and O–H groups in total. The first-order chi connectivity index (χ1) is 12.2. The predicted octanol–water partition coefficient (Wildman–Crippen LogP) is 4.68. The third-order valence-electron chi connectivity index (χ3n) is 4.07. The zero-order chi connectivity index (χ0) is 17.2. The molecule has 2 aromatic heterocycles. The summed E-state index contributed by atoms with van der Waals surface area (Å²) in [5, 5.41) is 0.960. The fourth-order valence-electron chi connectivity index (χ4n) is 2.83. The summed E-state index contributed by atoms with van der Waals surface area (Å²) in [4.78, 5) is 14.1. The van der Waals surface area contributed by atoms with Crippen LogP contribution in [0.1, 0.15) is 5.69 Å². The quantitative estimate of drug-likeness (QED) is 0.548. The predicted molar refractivity (Wildman–Crippen MR) is 99.5 cm³/mol. The molecule has 0 aliphatic rings. The van der Waals surface area contributed by atoms with E-state index in [1.807, 2.05) is 61.5 Å². The molecule has 0 aliphatic heterocycles. The highest BCUT2D eigenvalue weighted by molar-refractivity contribution is 5.94. The van der Waals surface area contributed by atoms with Crippen LogP contribution in [0, 0.1) is 6.92 Å². The van der Waals surface area contributed by atoms with E-state index in [2.05, 4.69) is 17.1 Å². The molecule has 0 fully saturated rings. The van der Waals surface area contributed by atoms with Crippen molar-refractivity contribution in [3.8, 4) is 28.5 Å². The number of aromatic nitrogens is 3. The molecule has 4 rings (SSSR count). The monoisotopic (exact) mass is 327 g/mol. The van der Waals surface area contributed by atoms with Crippen molar-refractivity contribution in [1.82, 2.24) is 15.0 Å². The van der Waals surface area contributed by atoms with Crippen LogP contribution in [0.3, 0.4) is 0 Å². The number of nitrogens with zero attached hydrogens (tertiary/aromatic N) is 3. The molecule has 0 radical (unpaired) electrons. The molecular weight excluding hydrogens is 310 g/mol. The van der Waals surface area contributed by atoms with E-state index >= 15 is 0 Å². The van der Waals surface area contributed by atoms with Gasteiger partial charge in [-0.1, -0.05) is 36.4 Å². The molecule has 4 nitrogen and oxygen atoms in total. The van der Waals surface area contributed by atoms with E-state index in [9.17, 15) is 0 Å². The number of aryl methyl sites for hydroxylation is 1. The summed E-state index contributed by atoms with van der Waals surface area (Å²) in [7, 11) is 1.66. The van der Waals surface area contributed by atoms with Crippen LogP contribution in [-0.2, 0) is 0 Å². The van der Waals surface area contributed by atoms with Gasteiger partial charge in [0.25, 0.3) is 0 Å². The average Bonchev–Trinajstić information content (AvgIpc) is 2.67. The zero-order valence-corrected chi connectivity index (χ0v) is 14.1. The van der Waals surface area contributed by atoms with E-state index in [0.29, 0.717) is 5.82 Å².